The van der Waals surface area contributed by atoms with Crippen LogP contribution in [0, 0.1) is 12.7 Å². The van der Waals surface area contributed by atoms with Gasteiger partial charge in [-0.05, 0) is 31.0 Å². The summed E-state index contributed by atoms with van der Waals surface area (Å²) >= 11 is 0. The first kappa shape index (κ1) is 12.3. The summed E-state index contributed by atoms with van der Waals surface area (Å²) in [4.78, 5) is 22.6. The maximum Gasteiger partial charge on any atom is 0.249 e. The molecule has 1 aromatic rings. The normalized spacial score (nSPS) is 19.6. The molecule has 2 rings (SSSR count). The lowest BCUT2D eigenvalue weighted by atomic mass is 10.0. The van der Waals surface area contributed by atoms with Crippen LogP contribution in [0.3, 0.4) is 0 Å². The topological polar surface area (TPSA) is 84.2 Å². The van der Waals surface area contributed by atoms with Crippen LogP contribution in [0.4, 0.5) is 15.8 Å². The minimum atomic E-state index is -0.532. The van der Waals surface area contributed by atoms with Gasteiger partial charge in [-0.1, -0.05) is 0 Å². The fourth-order valence-corrected chi connectivity index (χ4v) is 1.88. The Kier molecular flexibility index (Phi) is 3.18. The second-order valence-corrected chi connectivity index (χ2v) is 4.34. The first-order valence-electron chi connectivity index (χ1n) is 5.63. The van der Waals surface area contributed by atoms with E-state index >= 15 is 0 Å². The standard InChI is InChI=1S/C12H14FN3O2/c1-6-4-8(14)7(13)5-10(6)15-9-2-3-11(17)16-12(9)18/h4-5,9,15H,2-3,14H2,1H3,(H,16,17,18). The van der Waals surface area contributed by atoms with Crippen molar-refractivity contribution in [3.63, 3.8) is 0 Å². The number of piperidine rings is 1. The molecule has 6 heteroatoms. The third-order valence-electron chi connectivity index (χ3n) is 2.91. The predicted octanol–water partition coefficient (Wildman–Crippen LogP) is 0.933. The lowest BCUT2D eigenvalue weighted by molar-refractivity contribution is -0.133. The fraction of sp³-hybridized carbons (Fsp3) is 0.333. The minimum absolute atomic E-state index is 0.0707. The van der Waals surface area contributed by atoms with Crippen LogP contribution in [0.1, 0.15) is 18.4 Å². The highest BCUT2D eigenvalue weighted by molar-refractivity contribution is 6.01. The maximum absolute atomic E-state index is 13.4. The zero-order valence-corrected chi connectivity index (χ0v) is 9.92. The second kappa shape index (κ2) is 4.64. The molecule has 1 unspecified atom stereocenters. The van der Waals surface area contributed by atoms with Crippen molar-refractivity contribution in [1.29, 1.82) is 0 Å². The molecule has 2 amide bonds. The van der Waals surface area contributed by atoms with E-state index in [9.17, 15) is 14.0 Å². The van der Waals surface area contributed by atoms with E-state index in [1.165, 1.54) is 12.1 Å². The molecule has 0 radical (unpaired) electrons. The van der Waals surface area contributed by atoms with Gasteiger partial charge in [0.25, 0.3) is 0 Å². The molecular formula is C12H14FN3O2. The summed E-state index contributed by atoms with van der Waals surface area (Å²) in [6.45, 7) is 1.77. The zero-order valence-electron chi connectivity index (χ0n) is 9.92. The van der Waals surface area contributed by atoms with Gasteiger partial charge < -0.3 is 11.1 Å². The van der Waals surface area contributed by atoms with Gasteiger partial charge in [-0.3, -0.25) is 14.9 Å². The number of benzene rings is 1. The smallest absolute Gasteiger partial charge is 0.249 e. The number of carbonyl (C=O) groups excluding carboxylic acids is 2. The molecule has 1 aliphatic heterocycles. The average molecular weight is 251 g/mol. The number of anilines is 2. The zero-order chi connectivity index (χ0) is 13.3. The van der Waals surface area contributed by atoms with Crippen molar-refractivity contribution >= 4 is 23.2 Å². The Bertz CT molecular complexity index is 516. The van der Waals surface area contributed by atoms with Gasteiger partial charge in [0.1, 0.15) is 11.9 Å². The first-order valence-corrected chi connectivity index (χ1v) is 5.63. The van der Waals surface area contributed by atoms with Gasteiger partial charge in [0.05, 0.1) is 5.69 Å². The lowest BCUT2D eigenvalue weighted by Gasteiger charge is -2.23. The van der Waals surface area contributed by atoms with Crippen molar-refractivity contribution in [3.05, 3.63) is 23.5 Å². The van der Waals surface area contributed by atoms with Gasteiger partial charge >= 0.3 is 0 Å². The van der Waals surface area contributed by atoms with Crippen molar-refractivity contribution in [2.45, 2.75) is 25.8 Å². The van der Waals surface area contributed by atoms with Crippen LogP contribution in [0.25, 0.3) is 0 Å². The Morgan fingerprint density at radius 2 is 2.17 bits per heavy atom. The summed E-state index contributed by atoms with van der Waals surface area (Å²) in [5.41, 5.74) is 6.77. The summed E-state index contributed by atoms with van der Waals surface area (Å²) in [5, 5.41) is 5.16. The van der Waals surface area contributed by atoms with E-state index in [1.807, 2.05) is 0 Å². The molecule has 4 N–H and O–H groups in total. The van der Waals surface area contributed by atoms with Crippen LogP contribution in [0.15, 0.2) is 12.1 Å². The maximum atomic E-state index is 13.4. The highest BCUT2D eigenvalue weighted by Crippen LogP contribution is 2.23. The van der Waals surface area contributed by atoms with Crippen molar-refractivity contribution in [1.82, 2.24) is 5.32 Å². The Morgan fingerprint density at radius 3 is 2.83 bits per heavy atom. The summed E-state index contributed by atoms with van der Waals surface area (Å²) < 4.78 is 13.4. The fourth-order valence-electron chi connectivity index (χ4n) is 1.88. The Hall–Kier alpha value is -2.11. The number of nitrogen functional groups attached to an aromatic ring is 1. The molecule has 1 heterocycles. The molecule has 5 nitrogen and oxygen atoms in total. The molecule has 1 saturated heterocycles. The van der Waals surface area contributed by atoms with E-state index < -0.39 is 11.9 Å². The number of halogens is 1. The molecule has 1 aliphatic rings. The quantitative estimate of drug-likeness (QED) is 0.539. The summed E-state index contributed by atoms with van der Waals surface area (Å²) in [7, 11) is 0. The summed E-state index contributed by atoms with van der Waals surface area (Å²) in [6, 6.07) is 2.24. The van der Waals surface area contributed by atoms with Gasteiger partial charge in [-0.2, -0.15) is 0 Å². The molecule has 0 bridgehead atoms. The number of amides is 2. The molecule has 0 spiro atoms. The third-order valence-corrected chi connectivity index (χ3v) is 2.91. The summed E-state index contributed by atoms with van der Waals surface area (Å²) in [5.74, 6) is -1.20. The number of carbonyl (C=O) groups is 2. The Balaban J connectivity index is 2.17. The molecule has 0 aliphatic carbocycles. The number of imide groups is 1. The largest absolute Gasteiger partial charge is 0.396 e. The van der Waals surface area contributed by atoms with E-state index in [2.05, 4.69) is 10.6 Å². The van der Waals surface area contributed by atoms with Gasteiger partial charge in [-0.25, -0.2) is 4.39 Å². The molecule has 1 atom stereocenters. The van der Waals surface area contributed by atoms with Crippen molar-refractivity contribution in [2.75, 3.05) is 11.1 Å². The second-order valence-electron chi connectivity index (χ2n) is 4.34. The lowest BCUT2D eigenvalue weighted by Crippen LogP contribution is -2.47. The highest BCUT2D eigenvalue weighted by Gasteiger charge is 2.26. The van der Waals surface area contributed by atoms with Crippen LogP contribution in [0.2, 0.25) is 0 Å². The van der Waals surface area contributed by atoms with Gasteiger partial charge in [0.2, 0.25) is 11.8 Å². The molecule has 0 aromatic heterocycles. The SMILES string of the molecule is Cc1cc(N)c(F)cc1NC1CCC(=O)NC1=O. The van der Waals surface area contributed by atoms with Crippen molar-refractivity contribution < 1.29 is 14.0 Å². The van der Waals surface area contributed by atoms with Crippen LogP contribution >= 0.6 is 0 Å². The molecule has 18 heavy (non-hydrogen) atoms. The molecule has 0 saturated carbocycles. The van der Waals surface area contributed by atoms with Crippen molar-refractivity contribution in [3.8, 4) is 0 Å². The predicted molar refractivity (Wildman–Crippen MR) is 65.3 cm³/mol. The van der Waals surface area contributed by atoms with Crippen LogP contribution in [-0.2, 0) is 9.59 Å². The van der Waals surface area contributed by atoms with Gasteiger partial charge in [0, 0.05) is 12.1 Å². The number of hydrogen-bond donors (Lipinski definition) is 3. The van der Waals surface area contributed by atoms with E-state index in [-0.39, 0.29) is 23.9 Å². The molecular weight excluding hydrogens is 237 g/mol. The monoisotopic (exact) mass is 251 g/mol. The number of aryl methyl sites for hydroxylation is 1. The van der Waals surface area contributed by atoms with E-state index in [4.69, 9.17) is 5.73 Å². The number of rotatable bonds is 2. The Labute approximate surface area is 104 Å². The molecule has 1 fully saturated rings. The number of hydrogen-bond acceptors (Lipinski definition) is 4. The van der Waals surface area contributed by atoms with E-state index in [1.54, 1.807) is 6.92 Å². The van der Waals surface area contributed by atoms with E-state index in [0.29, 0.717) is 12.1 Å². The molecule has 96 valence electrons. The van der Waals surface area contributed by atoms with Gasteiger partial charge in [-0.15, -0.1) is 0 Å². The van der Waals surface area contributed by atoms with Crippen LogP contribution in [-0.4, -0.2) is 17.9 Å². The summed E-state index contributed by atoms with van der Waals surface area (Å²) in [6.07, 6.45) is 0.677. The number of nitrogens with two attached hydrogens (primary N) is 1. The first-order chi connectivity index (χ1) is 8.47. The third kappa shape index (κ3) is 2.42. The van der Waals surface area contributed by atoms with Gasteiger partial charge in [0.15, 0.2) is 0 Å². The van der Waals surface area contributed by atoms with Crippen molar-refractivity contribution in [2.24, 2.45) is 0 Å². The Morgan fingerprint density at radius 1 is 1.44 bits per heavy atom. The van der Waals surface area contributed by atoms with E-state index in [0.717, 1.165) is 5.56 Å². The van der Waals surface area contributed by atoms with Crippen LogP contribution < -0.4 is 16.4 Å². The minimum Gasteiger partial charge on any atom is -0.396 e. The van der Waals surface area contributed by atoms with Crippen LogP contribution in [0.5, 0.6) is 0 Å². The average Bonchev–Trinajstić information content (AvgIpc) is 2.29. The molecule has 1 aromatic carbocycles. The highest BCUT2D eigenvalue weighted by atomic mass is 19.1. The number of nitrogens with one attached hydrogen (secondary N) is 2.